The molecule has 0 radical (unpaired) electrons. The molecule has 0 spiro atoms. The second kappa shape index (κ2) is 5.68. The SMILES string of the molecule is COC1=CC(Cl)(OC)CC(OC)=C1c1ccccc1. The van der Waals surface area contributed by atoms with Crippen LogP contribution in [0.25, 0.3) is 5.57 Å². The summed E-state index contributed by atoms with van der Waals surface area (Å²) in [6, 6.07) is 9.94. The van der Waals surface area contributed by atoms with Crippen molar-refractivity contribution in [2.24, 2.45) is 0 Å². The highest BCUT2D eigenvalue weighted by molar-refractivity contribution is 6.24. The zero-order valence-corrected chi connectivity index (χ0v) is 12.0. The van der Waals surface area contributed by atoms with E-state index in [9.17, 15) is 0 Å². The number of hydrogen-bond donors (Lipinski definition) is 0. The van der Waals surface area contributed by atoms with Gasteiger partial charge in [0.2, 0.25) is 0 Å². The van der Waals surface area contributed by atoms with Gasteiger partial charge >= 0.3 is 0 Å². The van der Waals surface area contributed by atoms with Crippen molar-refractivity contribution in [2.75, 3.05) is 21.3 Å². The molecule has 4 heteroatoms. The zero-order valence-electron chi connectivity index (χ0n) is 11.3. The fourth-order valence-electron chi connectivity index (χ4n) is 2.14. The standard InChI is InChI=1S/C15H17ClO3/c1-17-12-9-15(16,19-3)10-13(18-2)14(12)11-7-5-4-6-8-11/h4-9H,10H2,1-3H3. The Labute approximate surface area is 118 Å². The summed E-state index contributed by atoms with van der Waals surface area (Å²) in [5.74, 6) is 1.41. The Kier molecular flexibility index (Phi) is 4.17. The van der Waals surface area contributed by atoms with E-state index in [4.69, 9.17) is 25.8 Å². The lowest BCUT2D eigenvalue weighted by Gasteiger charge is -2.30. The van der Waals surface area contributed by atoms with Crippen molar-refractivity contribution < 1.29 is 14.2 Å². The number of alkyl halides is 1. The Morgan fingerprint density at radius 1 is 1.05 bits per heavy atom. The summed E-state index contributed by atoms with van der Waals surface area (Å²) in [5, 5.41) is -0.922. The van der Waals surface area contributed by atoms with Gasteiger partial charge in [-0.25, -0.2) is 0 Å². The third-order valence-electron chi connectivity index (χ3n) is 3.14. The van der Waals surface area contributed by atoms with E-state index < -0.39 is 5.06 Å². The van der Waals surface area contributed by atoms with E-state index in [0.29, 0.717) is 12.2 Å². The first-order valence-electron chi connectivity index (χ1n) is 5.97. The van der Waals surface area contributed by atoms with E-state index in [0.717, 1.165) is 16.9 Å². The van der Waals surface area contributed by atoms with Crippen LogP contribution in [0.15, 0.2) is 47.9 Å². The van der Waals surface area contributed by atoms with Gasteiger partial charge in [0, 0.05) is 13.2 Å². The highest BCUT2D eigenvalue weighted by Crippen LogP contribution is 2.41. The van der Waals surface area contributed by atoms with Crippen LogP contribution in [0.3, 0.4) is 0 Å². The van der Waals surface area contributed by atoms with Gasteiger partial charge in [-0.15, -0.1) is 0 Å². The molecule has 0 N–H and O–H groups in total. The van der Waals surface area contributed by atoms with Crippen LogP contribution in [0.5, 0.6) is 0 Å². The molecule has 0 bridgehead atoms. The van der Waals surface area contributed by atoms with Gasteiger partial charge in [-0.1, -0.05) is 41.9 Å². The predicted molar refractivity (Wildman–Crippen MR) is 75.7 cm³/mol. The molecule has 0 aromatic heterocycles. The van der Waals surface area contributed by atoms with Gasteiger partial charge in [-0.2, -0.15) is 0 Å². The third-order valence-corrected chi connectivity index (χ3v) is 3.54. The van der Waals surface area contributed by atoms with Crippen LogP contribution in [0, 0.1) is 0 Å². The van der Waals surface area contributed by atoms with E-state index >= 15 is 0 Å². The van der Waals surface area contributed by atoms with Gasteiger partial charge in [0.15, 0.2) is 5.06 Å². The minimum atomic E-state index is -0.922. The van der Waals surface area contributed by atoms with E-state index in [1.807, 2.05) is 30.3 Å². The molecule has 3 nitrogen and oxygen atoms in total. The molecular formula is C15H17ClO3. The van der Waals surface area contributed by atoms with Gasteiger partial charge in [-0.3, -0.25) is 0 Å². The highest BCUT2D eigenvalue weighted by atomic mass is 35.5. The van der Waals surface area contributed by atoms with E-state index in [1.54, 1.807) is 27.4 Å². The lowest BCUT2D eigenvalue weighted by atomic mass is 9.94. The van der Waals surface area contributed by atoms with Crippen molar-refractivity contribution in [2.45, 2.75) is 11.5 Å². The fourth-order valence-corrected chi connectivity index (χ4v) is 2.36. The average Bonchev–Trinajstić information content (AvgIpc) is 2.47. The molecule has 0 aliphatic heterocycles. The highest BCUT2D eigenvalue weighted by Gasteiger charge is 2.35. The molecule has 0 saturated heterocycles. The Hall–Kier alpha value is -1.45. The van der Waals surface area contributed by atoms with Crippen molar-refractivity contribution in [3.05, 3.63) is 53.5 Å². The van der Waals surface area contributed by atoms with Gasteiger partial charge < -0.3 is 14.2 Å². The average molecular weight is 281 g/mol. The topological polar surface area (TPSA) is 27.7 Å². The Bertz CT molecular complexity index is 507. The summed E-state index contributed by atoms with van der Waals surface area (Å²) in [6.07, 6.45) is 2.23. The van der Waals surface area contributed by atoms with Crippen LogP contribution < -0.4 is 0 Å². The van der Waals surface area contributed by atoms with Crippen molar-refractivity contribution in [1.29, 1.82) is 0 Å². The molecule has 0 fully saturated rings. The summed E-state index contributed by atoms with van der Waals surface area (Å²) in [7, 11) is 4.81. The molecular weight excluding hydrogens is 264 g/mol. The van der Waals surface area contributed by atoms with Crippen molar-refractivity contribution >= 4 is 17.2 Å². The van der Waals surface area contributed by atoms with E-state index in [1.165, 1.54) is 0 Å². The first-order chi connectivity index (χ1) is 9.13. The van der Waals surface area contributed by atoms with Gasteiger partial charge in [0.05, 0.1) is 26.2 Å². The van der Waals surface area contributed by atoms with Crippen LogP contribution in [0.2, 0.25) is 0 Å². The zero-order chi connectivity index (χ0) is 13.9. The smallest absolute Gasteiger partial charge is 0.171 e. The quantitative estimate of drug-likeness (QED) is 0.789. The number of benzene rings is 1. The maximum Gasteiger partial charge on any atom is 0.171 e. The summed E-state index contributed by atoms with van der Waals surface area (Å²) >= 11 is 6.37. The van der Waals surface area contributed by atoms with Crippen LogP contribution in [0.4, 0.5) is 0 Å². The van der Waals surface area contributed by atoms with E-state index in [2.05, 4.69) is 0 Å². The van der Waals surface area contributed by atoms with Crippen molar-refractivity contribution in [3.63, 3.8) is 0 Å². The van der Waals surface area contributed by atoms with Crippen molar-refractivity contribution in [1.82, 2.24) is 0 Å². The Balaban J connectivity index is 2.53. The number of ether oxygens (including phenoxy) is 3. The van der Waals surface area contributed by atoms with Crippen molar-refractivity contribution in [3.8, 4) is 0 Å². The van der Waals surface area contributed by atoms with Gasteiger partial charge in [-0.05, 0) is 5.56 Å². The molecule has 2 rings (SSSR count). The predicted octanol–water partition coefficient (Wildman–Crippen LogP) is 3.56. The molecule has 1 aromatic rings. The molecule has 0 heterocycles. The molecule has 0 amide bonds. The Morgan fingerprint density at radius 2 is 1.74 bits per heavy atom. The number of halogens is 1. The summed E-state index contributed by atoms with van der Waals surface area (Å²) in [4.78, 5) is 0. The number of rotatable bonds is 4. The summed E-state index contributed by atoms with van der Waals surface area (Å²) < 4.78 is 16.3. The molecule has 19 heavy (non-hydrogen) atoms. The third kappa shape index (κ3) is 2.77. The Morgan fingerprint density at radius 3 is 2.26 bits per heavy atom. The molecule has 1 aromatic carbocycles. The second-order valence-electron chi connectivity index (χ2n) is 4.25. The molecule has 102 valence electrons. The van der Waals surface area contributed by atoms with Crippen LogP contribution >= 0.6 is 11.6 Å². The minimum Gasteiger partial charge on any atom is -0.500 e. The summed E-state index contributed by atoms with van der Waals surface area (Å²) in [5.41, 5.74) is 1.95. The number of allylic oxidation sites excluding steroid dienone is 1. The van der Waals surface area contributed by atoms with Gasteiger partial charge in [0.25, 0.3) is 0 Å². The van der Waals surface area contributed by atoms with Crippen LogP contribution in [-0.2, 0) is 14.2 Å². The maximum absolute atomic E-state index is 6.37. The molecule has 1 unspecified atom stereocenters. The van der Waals surface area contributed by atoms with Crippen LogP contribution in [-0.4, -0.2) is 26.4 Å². The monoisotopic (exact) mass is 280 g/mol. The summed E-state index contributed by atoms with van der Waals surface area (Å²) in [6.45, 7) is 0. The first-order valence-corrected chi connectivity index (χ1v) is 6.35. The molecule has 1 aliphatic rings. The fraction of sp³-hybridized carbons (Fsp3) is 0.333. The number of hydrogen-bond acceptors (Lipinski definition) is 3. The van der Waals surface area contributed by atoms with Crippen LogP contribution in [0.1, 0.15) is 12.0 Å². The molecule has 1 aliphatic carbocycles. The molecule has 1 atom stereocenters. The normalized spacial score (nSPS) is 23.1. The lowest BCUT2D eigenvalue weighted by molar-refractivity contribution is 0.0829. The number of methoxy groups -OCH3 is 3. The lowest BCUT2D eigenvalue weighted by Crippen LogP contribution is -2.27. The van der Waals surface area contributed by atoms with E-state index in [-0.39, 0.29) is 0 Å². The minimum absolute atomic E-state index is 0.457. The molecule has 0 saturated carbocycles. The first kappa shape index (κ1) is 14.0. The van der Waals surface area contributed by atoms with Gasteiger partial charge in [0.1, 0.15) is 11.5 Å². The maximum atomic E-state index is 6.37. The largest absolute Gasteiger partial charge is 0.500 e. The second-order valence-corrected chi connectivity index (χ2v) is 4.89.